The summed E-state index contributed by atoms with van der Waals surface area (Å²) >= 11 is 1.58. The lowest BCUT2D eigenvalue weighted by molar-refractivity contribution is -0.133. The van der Waals surface area contributed by atoms with Gasteiger partial charge < -0.3 is 10.2 Å². The molecule has 0 bridgehead atoms. The maximum absolute atomic E-state index is 12.4. The third kappa shape index (κ3) is 5.52. The minimum Gasteiger partial charge on any atom is -0.336 e. The van der Waals surface area contributed by atoms with Crippen molar-refractivity contribution in [2.45, 2.75) is 47.5 Å². The van der Waals surface area contributed by atoms with Gasteiger partial charge >= 0.3 is 0 Å². The SMILES string of the molecule is Cc1cc(C)c(NC(=O)CN(C)C(=O)CCC(=O)c2cc(C)sc2C)c(C)c1. The highest BCUT2D eigenvalue weighted by Gasteiger charge is 2.18. The predicted molar refractivity (Wildman–Crippen MR) is 114 cm³/mol. The van der Waals surface area contributed by atoms with Gasteiger partial charge in [0.15, 0.2) is 5.78 Å². The van der Waals surface area contributed by atoms with Crippen LogP contribution in [0.4, 0.5) is 5.69 Å². The molecule has 0 fully saturated rings. The molecule has 0 saturated carbocycles. The molecule has 1 N–H and O–H groups in total. The highest BCUT2D eigenvalue weighted by atomic mass is 32.1. The molecule has 1 heterocycles. The molecule has 28 heavy (non-hydrogen) atoms. The molecule has 5 nitrogen and oxygen atoms in total. The minimum absolute atomic E-state index is 0.0287. The zero-order valence-electron chi connectivity index (χ0n) is 17.4. The number of amides is 2. The van der Waals surface area contributed by atoms with E-state index < -0.39 is 0 Å². The number of Topliss-reactive ketones (excluding diaryl/α,β-unsaturated/α-hetero) is 1. The Bertz CT molecular complexity index is 891. The number of carbonyl (C=O) groups is 3. The summed E-state index contributed by atoms with van der Waals surface area (Å²) < 4.78 is 0. The van der Waals surface area contributed by atoms with Gasteiger partial charge in [-0.25, -0.2) is 0 Å². The molecule has 0 saturated heterocycles. The lowest BCUT2D eigenvalue weighted by Crippen LogP contribution is -2.35. The van der Waals surface area contributed by atoms with Crippen LogP contribution in [0.5, 0.6) is 0 Å². The zero-order valence-corrected chi connectivity index (χ0v) is 18.3. The van der Waals surface area contributed by atoms with Crippen LogP contribution in [0, 0.1) is 34.6 Å². The molecule has 0 radical (unpaired) electrons. The Morgan fingerprint density at radius 1 is 0.964 bits per heavy atom. The summed E-state index contributed by atoms with van der Waals surface area (Å²) in [5.41, 5.74) is 4.61. The van der Waals surface area contributed by atoms with Crippen molar-refractivity contribution in [3.63, 3.8) is 0 Å². The second-order valence-electron chi connectivity index (χ2n) is 7.32. The summed E-state index contributed by atoms with van der Waals surface area (Å²) in [5, 5.41) is 2.89. The number of anilines is 1. The molecule has 1 aromatic heterocycles. The smallest absolute Gasteiger partial charge is 0.243 e. The van der Waals surface area contributed by atoms with Crippen LogP contribution >= 0.6 is 11.3 Å². The maximum atomic E-state index is 12.4. The summed E-state index contributed by atoms with van der Waals surface area (Å²) in [7, 11) is 1.58. The number of likely N-dealkylation sites (N-methyl/N-ethyl adjacent to an activating group) is 1. The molecule has 150 valence electrons. The van der Waals surface area contributed by atoms with Crippen LogP contribution in [-0.2, 0) is 9.59 Å². The Morgan fingerprint density at radius 3 is 2.11 bits per heavy atom. The second kappa shape index (κ2) is 9.15. The van der Waals surface area contributed by atoms with E-state index in [1.54, 1.807) is 18.4 Å². The summed E-state index contributed by atoms with van der Waals surface area (Å²) in [6.45, 7) is 9.74. The van der Waals surface area contributed by atoms with Crippen molar-refractivity contribution in [3.8, 4) is 0 Å². The van der Waals surface area contributed by atoms with Crippen molar-refractivity contribution >= 4 is 34.6 Å². The number of nitrogens with zero attached hydrogens (tertiary/aromatic N) is 1. The Kier molecular flexibility index (Phi) is 7.13. The number of nitrogens with one attached hydrogen (secondary N) is 1. The van der Waals surface area contributed by atoms with Gasteiger partial charge in [0, 0.05) is 40.9 Å². The Balaban J connectivity index is 1.89. The summed E-state index contributed by atoms with van der Waals surface area (Å²) in [4.78, 5) is 40.4. The molecule has 0 spiro atoms. The van der Waals surface area contributed by atoms with Crippen molar-refractivity contribution in [1.82, 2.24) is 4.90 Å². The molecule has 0 unspecified atom stereocenters. The van der Waals surface area contributed by atoms with E-state index in [1.165, 1.54) is 4.90 Å². The van der Waals surface area contributed by atoms with Gasteiger partial charge in [-0.2, -0.15) is 0 Å². The molecule has 0 aliphatic carbocycles. The fourth-order valence-electron chi connectivity index (χ4n) is 3.31. The zero-order chi connectivity index (χ0) is 21.0. The minimum atomic E-state index is -0.249. The van der Waals surface area contributed by atoms with Gasteiger partial charge in [0.25, 0.3) is 0 Å². The quantitative estimate of drug-likeness (QED) is 0.703. The average molecular weight is 401 g/mol. The van der Waals surface area contributed by atoms with Crippen LogP contribution in [0.3, 0.4) is 0 Å². The number of benzene rings is 1. The Labute approximate surface area is 170 Å². The van der Waals surface area contributed by atoms with Crippen molar-refractivity contribution < 1.29 is 14.4 Å². The van der Waals surface area contributed by atoms with E-state index in [9.17, 15) is 14.4 Å². The third-order valence-corrected chi connectivity index (χ3v) is 5.62. The highest BCUT2D eigenvalue weighted by Crippen LogP contribution is 2.23. The lowest BCUT2D eigenvalue weighted by Gasteiger charge is -2.18. The Hall–Kier alpha value is -2.47. The molecule has 0 aliphatic heterocycles. The molecule has 2 amide bonds. The molecule has 2 aromatic rings. The first-order chi connectivity index (χ1) is 13.1. The number of rotatable bonds is 7. The first kappa shape index (κ1) is 21.8. The number of ketones is 1. The summed E-state index contributed by atoms with van der Waals surface area (Å²) in [6.07, 6.45) is 0.248. The predicted octanol–water partition coefficient (Wildman–Crippen LogP) is 4.35. The highest BCUT2D eigenvalue weighted by molar-refractivity contribution is 7.12. The van der Waals surface area contributed by atoms with Crippen LogP contribution in [0.15, 0.2) is 18.2 Å². The fraction of sp³-hybridized carbons (Fsp3) is 0.409. The van der Waals surface area contributed by atoms with Crippen molar-refractivity contribution in [2.75, 3.05) is 18.9 Å². The van der Waals surface area contributed by atoms with Gasteiger partial charge in [0.05, 0.1) is 6.54 Å². The van der Waals surface area contributed by atoms with E-state index in [1.807, 2.05) is 52.8 Å². The van der Waals surface area contributed by atoms with E-state index >= 15 is 0 Å². The molecule has 2 rings (SSSR count). The molecule has 0 atom stereocenters. The second-order valence-corrected chi connectivity index (χ2v) is 8.78. The van der Waals surface area contributed by atoms with Gasteiger partial charge in [-0.05, 0) is 51.8 Å². The first-order valence-corrected chi connectivity index (χ1v) is 10.1. The molecule has 0 aliphatic rings. The standard InChI is InChI=1S/C22H28N2O3S/c1-13-9-14(2)22(15(3)10-13)23-20(26)12-24(6)21(27)8-7-19(25)18-11-16(4)28-17(18)5/h9-11H,7-8,12H2,1-6H3,(H,23,26). The van der Waals surface area contributed by atoms with Gasteiger partial charge in [-0.1, -0.05) is 17.7 Å². The topological polar surface area (TPSA) is 66.5 Å². The van der Waals surface area contributed by atoms with Crippen molar-refractivity contribution in [3.05, 3.63) is 50.2 Å². The molecular weight excluding hydrogens is 372 g/mol. The van der Waals surface area contributed by atoms with Crippen molar-refractivity contribution in [1.29, 1.82) is 0 Å². The van der Waals surface area contributed by atoms with E-state index in [0.717, 1.165) is 32.1 Å². The molecule has 6 heteroatoms. The summed E-state index contributed by atoms with van der Waals surface area (Å²) in [5.74, 6) is -0.494. The number of hydrogen-bond acceptors (Lipinski definition) is 4. The summed E-state index contributed by atoms with van der Waals surface area (Å²) in [6, 6.07) is 5.89. The first-order valence-electron chi connectivity index (χ1n) is 9.30. The molecular formula is C22H28N2O3S. The van der Waals surface area contributed by atoms with Crippen LogP contribution in [0.2, 0.25) is 0 Å². The van der Waals surface area contributed by atoms with Crippen LogP contribution < -0.4 is 5.32 Å². The molecule has 1 aromatic carbocycles. The van der Waals surface area contributed by atoms with Gasteiger partial charge in [0.1, 0.15) is 0 Å². The van der Waals surface area contributed by atoms with Gasteiger partial charge in [-0.3, -0.25) is 14.4 Å². The van der Waals surface area contributed by atoms with E-state index in [-0.39, 0.29) is 37.0 Å². The number of aryl methyl sites for hydroxylation is 5. The van der Waals surface area contributed by atoms with Gasteiger partial charge in [0.2, 0.25) is 11.8 Å². The monoisotopic (exact) mass is 400 g/mol. The third-order valence-electron chi connectivity index (χ3n) is 4.66. The van der Waals surface area contributed by atoms with Gasteiger partial charge in [-0.15, -0.1) is 11.3 Å². The lowest BCUT2D eigenvalue weighted by atomic mass is 10.1. The average Bonchev–Trinajstić information content (AvgIpc) is 2.93. The largest absolute Gasteiger partial charge is 0.336 e. The maximum Gasteiger partial charge on any atom is 0.243 e. The van der Waals surface area contributed by atoms with Crippen LogP contribution in [0.1, 0.15) is 49.6 Å². The van der Waals surface area contributed by atoms with E-state index in [2.05, 4.69) is 5.32 Å². The van der Waals surface area contributed by atoms with Crippen molar-refractivity contribution in [2.24, 2.45) is 0 Å². The number of hydrogen-bond donors (Lipinski definition) is 1. The Morgan fingerprint density at radius 2 is 1.57 bits per heavy atom. The van der Waals surface area contributed by atoms with E-state index in [0.29, 0.717) is 5.56 Å². The number of carbonyl (C=O) groups excluding carboxylic acids is 3. The van der Waals surface area contributed by atoms with Crippen LogP contribution in [-0.4, -0.2) is 36.1 Å². The normalized spacial score (nSPS) is 10.6. The fourth-order valence-corrected chi connectivity index (χ4v) is 4.26. The van der Waals surface area contributed by atoms with E-state index in [4.69, 9.17) is 0 Å². The number of thiophene rings is 1. The van der Waals surface area contributed by atoms with Crippen LogP contribution in [0.25, 0.3) is 0 Å².